The number of Topliss-reactive ketones (excluding diaryl/α,β-unsaturated/α-hetero) is 1. The minimum absolute atomic E-state index is 0.0252. The molecular formula is C26H23ClF3N3O4S. The molecule has 2 aliphatic rings. The second-order valence-corrected chi connectivity index (χ2v) is 11.6. The lowest BCUT2D eigenvalue weighted by molar-refractivity contribution is -0.136. The van der Waals surface area contributed by atoms with E-state index in [0.717, 1.165) is 12.1 Å². The van der Waals surface area contributed by atoms with Gasteiger partial charge in [-0.15, -0.1) is 0 Å². The van der Waals surface area contributed by atoms with Crippen molar-refractivity contribution in [2.24, 2.45) is 5.41 Å². The van der Waals surface area contributed by atoms with E-state index in [9.17, 15) is 17.6 Å². The summed E-state index contributed by atoms with van der Waals surface area (Å²) in [7, 11) is -3.50. The molecule has 0 N–H and O–H groups in total. The fourth-order valence-electron chi connectivity index (χ4n) is 4.96. The van der Waals surface area contributed by atoms with Crippen molar-refractivity contribution in [1.29, 1.82) is 0 Å². The lowest BCUT2D eigenvalue weighted by Gasteiger charge is -2.36. The summed E-state index contributed by atoms with van der Waals surface area (Å²) >= 11 is 6.28. The van der Waals surface area contributed by atoms with Gasteiger partial charge >= 0.3 is 0 Å². The third-order valence-corrected chi connectivity index (χ3v) is 9.35. The highest BCUT2D eigenvalue weighted by Gasteiger charge is 2.50. The minimum Gasteiger partial charge on any atom is -0.497 e. The van der Waals surface area contributed by atoms with E-state index in [-0.39, 0.29) is 23.8 Å². The monoisotopic (exact) mass is 565 g/mol. The maximum absolute atomic E-state index is 15.6. The number of aromatic nitrogens is 1. The Morgan fingerprint density at radius 3 is 2.45 bits per heavy atom. The molecule has 0 amide bonds. The lowest BCUT2D eigenvalue weighted by Crippen LogP contribution is -2.43. The summed E-state index contributed by atoms with van der Waals surface area (Å²) in [4.78, 5) is 16.1. The van der Waals surface area contributed by atoms with Crippen LogP contribution in [0.15, 0.2) is 53.4 Å². The Kier molecular flexibility index (Phi) is 6.77. The molecule has 1 spiro atoms. The number of hydrogen-bond donors (Lipinski definition) is 0. The molecule has 38 heavy (non-hydrogen) atoms. The van der Waals surface area contributed by atoms with Crippen LogP contribution in [0.1, 0.15) is 24.8 Å². The largest absolute Gasteiger partial charge is 0.497 e. The molecule has 1 aliphatic carbocycles. The van der Waals surface area contributed by atoms with Crippen molar-refractivity contribution < 1.29 is 31.1 Å². The predicted molar refractivity (Wildman–Crippen MR) is 135 cm³/mol. The second kappa shape index (κ2) is 9.77. The van der Waals surface area contributed by atoms with E-state index < -0.39 is 49.5 Å². The zero-order chi connectivity index (χ0) is 27.2. The molecule has 200 valence electrons. The van der Waals surface area contributed by atoms with Crippen LogP contribution in [-0.2, 0) is 21.4 Å². The van der Waals surface area contributed by atoms with Gasteiger partial charge in [-0.2, -0.15) is 4.39 Å². The van der Waals surface area contributed by atoms with Crippen LogP contribution < -0.4 is 13.9 Å². The van der Waals surface area contributed by atoms with Crippen molar-refractivity contribution in [3.63, 3.8) is 0 Å². The summed E-state index contributed by atoms with van der Waals surface area (Å²) in [6.45, 7) is 0.207. The van der Waals surface area contributed by atoms with Gasteiger partial charge in [0.15, 0.2) is 10.7 Å². The second-order valence-electron chi connectivity index (χ2n) is 9.39. The number of anilines is 2. The molecule has 2 heterocycles. The van der Waals surface area contributed by atoms with Crippen LogP contribution in [0.5, 0.6) is 5.75 Å². The van der Waals surface area contributed by atoms with E-state index in [1.807, 2.05) is 0 Å². The van der Waals surface area contributed by atoms with Crippen molar-refractivity contribution >= 4 is 38.9 Å². The van der Waals surface area contributed by atoms with Gasteiger partial charge in [0, 0.05) is 31.0 Å². The van der Waals surface area contributed by atoms with Crippen LogP contribution in [0.3, 0.4) is 0 Å². The molecule has 3 aromatic rings. The number of halogens is 4. The number of methoxy groups -OCH3 is 1. The highest BCUT2D eigenvalue weighted by atomic mass is 35.5. The van der Waals surface area contributed by atoms with E-state index in [0.29, 0.717) is 41.4 Å². The Morgan fingerprint density at radius 1 is 1.13 bits per heavy atom. The number of sulfonamides is 1. The van der Waals surface area contributed by atoms with Gasteiger partial charge in [0.05, 0.1) is 19.3 Å². The molecule has 12 heteroatoms. The van der Waals surface area contributed by atoms with Gasteiger partial charge < -0.3 is 9.64 Å². The quantitative estimate of drug-likeness (QED) is 0.292. The molecule has 7 nitrogen and oxygen atoms in total. The van der Waals surface area contributed by atoms with E-state index >= 15 is 8.78 Å². The van der Waals surface area contributed by atoms with Crippen LogP contribution in [0.25, 0.3) is 0 Å². The fraction of sp³-hybridized carbons (Fsp3) is 0.308. The first kappa shape index (κ1) is 26.3. The van der Waals surface area contributed by atoms with Crippen LogP contribution in [0.2, 0.25) is 5.02 Å². The molecule has 2 aromatic carbocycles. The zero-order valence-corrected chi connectivity index (χ0v) is 21.8. The molecule has 1 atom stereocenters. The molecule has 0 radical (unpaired) electrons. The number of rotatable bonds is 7. The van der Waals surface area contributed by atoms with Crippen LogP contribution in [0.4, 0.5) is 24.7 Å². The number of hydrogen-bond acceptors (Lipinski definition) is 6. The van der Waals surface area contributed by atoms with E-state index in [1.54, 1.807) is 29.2 Å². The molecule has 1 saturated carbocycles. The third kappa shape index (κ3) is 4.47. The van der Waals surface area contributed by atoms with Crippen molar-refractivity contribution in [3.05, 3.63) is 76.7 Å². The maximum Gasteiger partial charge on any atom is 0.271 e. The van der Waals surface area contributed by atoms with Gasteiger partial charge in [0.25, 0.3) is 10.0 Å². The average molecular weight is 566 g/mol. The van der Waals surface area contributed by atoms with Gasteiger partial charge in [0.1, 0.15) is 28.2 Å². The molecular weight excluding hydrogens is 543 g/mol. The summed E-state index contributed by atoms with van der Waals surface area (Å²) in [5.74, 6) is -3.56. The van der Waals surface area contributed by atoms with Crippen molar-refractivity contribution in [1.82, 2.24) is 4.98 Å². The number of carbonyl (C=O) groups is 1. The Morgan fingerprint density at radius 2 is 1.87 bits per heavy atom. The number of ketones is 1. The fourth-order valence-corrected chi connectivity index (χ4v) is 6.80. The number of pyridine rings is 1. The van der Waals surface area contributed by atoms with Gasteiger partial charge in [0.2, 0.25) is 5.95 Å². The first-order valence-electron chi connectivity index (χ1n) is 11.8. The smallest absolute Gasteiger partial charge is 0.271 e. The summed E-state index contributed by atoms with van der Waals surface area (Å²) in [6, 6.07) is 10.6. The van der Waals surface area contributed by atoms with Gasteiger partial charge in [-0.05, 0) is 42.7 Å². The summed E-state index contributed by atoms with van der Waals surface area (Å²) < 4.78 is 78.3. The Balaban J connectivity index is 1.55. The minimum atomic E-state index is -4.97. The molecule has 2 fully saturated rings. The van der Waals surface area contributed by atoms with E-state index in [1.165, 1.54) is 19.2 Å². The molecule has 1 aliphatic heterocycles. The van der Waals surface area contributed by atoms with Crippen LogP contribution in [-0.4, -0.2) is 39.4 Å². The lowest BCUT2D eigenvalue weighted by atomic mass is 9.67. The van der Waals surface area contributed by atoms with Crippen molar-refractivity contribution in [3.8, 4) is 5.75 Å². The number of benzene rings is 2. The number of nitrogens with zero attached hydrogens (tertiary/aromatic N) is 3. The molecule has 0 bridgehead atoms. The summed E-state index contributed by atoms with van der Waals surface area (Å²) in [6.07, 6.45) is 1.70. The highest BCUT2D eigenvalue weighted by molar-refractivity contribution is 7.92. The normalized spacial score (nSPS) is 19.1. The SMILES string of the molecule is COc1ccc(CN(c2cccc(F)n2)S(=O)(=O)c2c(F)cc(N3CC[C@@]4(CCC4=O)C3)c(Cl)c2F)cc1. The van der Waals surface area contributed by atoms with E-state index in [2.05, 4.69) is 4.98 Å². The van der Waals surface area contributed by atoms with Gasteiger partial charge in [-0.1, -0.05) is 29.8 Å². The van der Waals surface area contributed by atoms with Crippen LogP contribution >= 0.6 is 11.6 Å². The number of ether oxygens (including phenoxy) is 1. The van der Waals surface area contributed by atoms with Crippen LogP contribution in [0, 0.1) is 23.0 Å². The van der Waals surface area contributed by atoms with Crippen molar-refractivity contribution in [2.45, 2.75) is 30.7 Å². The molecule has 1 aromatic heterocycles. The molecule has 1 saturated heterocycles. The Bertz CT molecular complexity index is 1520. The van der Waals surface area contributed by atoms with Gasteiger partial charge in [-0.25, -0.2) is 26.5 Å². The highest BCUT2D eigenvalue weighted by Crippen LogP contribution is 2.48. The van der Waals surface area contributed by atoms with E-state index in [4.69, 9.17) is 16.3 Å². The average Bonchev–Trinajstić information content (AvgIpc) is 3.36. The zero-order valence-electron chi connectivity index (χ0n) is 20.3. The molecule has 5 rings (SSSR count). The predicted octanol–water partition coefficient (Wildman–Crippen LogP) is 5.12. The maximum atomic E-state index is 15.6. The first-order chi connectivity index (χ1) is 18.1. The number of carbonyl (C=O) groups excluding carboxylic acids is 1. The third-order valence-electron chi connectivity index (χ3n) is 7.20. The topological polar surface area (TPSA) is 79.8 Å². The molecule has 0 unspecified atom stereocenters. The Hall–Kier alpha value is -3.31. The van der Waals surface area contributed by atoms with Crippen molar-refractivity contribution in [2.75, 3.05) is 29.4 Å². The van der Waals surface area contributed by atoms with Gasteiger partial charge in [-0.3, -0.25) is 4.79 Å². The first-order valence-corrected chi connectivity index (χ1v) is 13.6. The standard InChI is InChI=1S/C26H23ClF3N3O4S/c1-37-17-7-5-16(6-8-17)14-33(22-4-2-3-21(29)31-22)38(35,36)25-18(28)13-19(23(27)24(25)30)32-12-11-26(15-32)10-9-20(26)34/h2-8,13H,9-12,14-15H2,1H3/t26-/m0/s1. The summed E-state index contributed by atoms with van der Waals surface area (Å²) in [5.41, 5.74) is -0.140. The summed E-state index contributed by atoms with van der Waals surface area (Å²) in [5, 5.41) is -0.578. The Labute approximate surface area is 222 Å².